The van der Waals surface area contributed by atoms with E-state index >= 15 is 0 Å². The van der Waals surface area contributed by atoms with Crippen molar-refractivity contribution in [2.45, 2.75) is 44.7 Å². The third kappa shape index (κ3) is 3.73. The average Bonchev–Trinajstić information content (AvgIpc) is 2.47. The van der Waals surface area contributed by atoms with Crippen LogP contribution in [0.15, 0.2) is 24.3 Å². The number of aliphatic carboxylic acids is 1. The van der Waals surface area contributed by atoms with Gasteiger partial charge in [0.15, 0.2) is 0 Å². The highest BCUT2D eigenvalue weighted by atomic mass is 16.5. The van der Waals surface area contributed by atoms with Crippen LogP contribution in [0.4, 0.5) is 0 Å². The Bertz CT molecular complexity index is 461. The van der Waals surface area contributed by atoms with Crippen LogP contribution < -0.4 is 10.1 Å². The smallest absolute Gasteiger partial charge is 0.306 e. The first-order valence-electron chi connectivity index (χ1n) is 7.23. The van der Waals surface area contributed by atoms with Gasteiger partial charge in [0, 0.05) is 12.1 Å². The Hall–Kier alpha value is -1.55. The van der Waals surface area contributed by atoms with E-state index in [-0.39, 0.29) is 18.0 Å². The van der Waals surface area contributed by atoms with E-state index < -0.39 is 5.97 Å². The zero-order chi connectivity index (χ0) is 14.5. The van der Waals surface area contributed by atoms with Gasteiger partial charge in [0.2, 0.25) is 0 Å². The summed E-state index contributed by atoms with van der Waals surface area (Å²) in [5.41, 5.74) is 1.17. The molecule has 1 aliphatic carbocycles. The highest BCUT2D eigenvalue weighted by molar-refractivity contribution is 5.70. The number of rotatable bonds is 5. The third-order valence-electron chi connectivity index (χ3n) is 4.10. The molecule has 0 spiro atoms. The number of hydrogen-bond acceptors (Lipinski definition) is 3. The number of nitrogens with one attached hydrogen (secondary N) is 1. The van der Waals surface area contributed by atoms with Crippen LogP contribution in [0, 0.1) is 5.92 Å². The Balaban J connectivity index is 1.96. The molecule has 2 N–H and O–H groups in total. The topological polar surface area (TPSA) is 58.6 Å². The van der Waals surface area contributed by atoms with Crippen molar-refractivity contribution >= 4 is 5.97 Å². The van der Waals surface area contributed by atoms with Crippen molar-refractivity contribution in [3.05, 3.63) is 29.8 Å². The van der Waals surface area contributed by atoms with Crippen LogP contribution >= 0.6 is 0 Å². The third-order valence-corrected chi connectivity index (χ3v) is 4.10. The summed E-state index contributed by atoms with van der Waals surface area (Å²) in [5.74, 6) is -0.00694. The molecule has 4 heteroatoms. The quantitative estimate of drug-likeness (QED) is 0.868. The highest BCUT2D eigenvalue weighted by Gasteiger charge is 2.27. The fraction of sp³-hybridized carbons (Fsp3) is 0.562. The minimum absolute atomic E-state index is 0.196. The van der Waals surface area contributed by atoms with Crippen LogP contribution in [0.5, 0.6) is 5.75 Å². The number of benzene rings is 1. The second-order valence-electron chi connectivity index (χ2n) is 5.56. The van der Waals surface area contributed by atoms with Gasteiger partial charge in [-0.25, -0.2) is 0 Å². The summed E-state index contributed by atoms with van der Waals surface area (Å²) in [4.78, 5) is 11.1. The molecule has 2 rings (SSSR count). The summed E-state index contributed by atoms with van der Waals surface area (Å²) in [7, 11) is 1.66. The molecule has 0 amide bonds. The van der Waals surface area contributed by atoms with Gasteiger partial charge in [-0.05, 0) is 43.9 Å². The van der Waals surface area contributed by atoms with E-state index in [9.17, 15) is 4.79 Å². The van der Waals surface area contributed by atoms with Gasteiger partial charge < -0.3 is 15.2 Å². The minimum atomic E-state index is -0.662. The molecule has 2 unspecified atom stereocenters. The van der Waals surface area contributed by atoms with Crippen molar-refractivity contribution in [1.29, 1.82) is 0 Å². The Kier molecular flexibility index (Phi) is 5.01. The van der Waals surface area contributed by atoms with E-state index in [2.05, 4.69) is 18.3 Å². The molecule has 1 aliphatic rings. The molecule has 3 atom stereocenters. The predicted octanol–water partition coefficient (Wildman–Crippen LogP) is 2.99. The van der Waals surface area contributed by atoms with Gasteiger partial charge in [0.05, 0.1) is 13.0 Å². The molecule has 4 nitrogen and oxygen atoms in total. The minimum Gasteiger partial charge on any atom is -0.497 e. The molecular weight excluding hydrogens is 254 g/mol. The Morgan fingerprint density at radius 2 is 2.25 bits per heavy atom. The van der Waals surface area contributed by atoms with E-state index in [1.54, 1.807) is 7.11 Å². The summed E-state index contributed by atoms with van der Waals surface area (Å²) >= 11 is 0. The van der Waals surface area contributed by atoms with Gasteiger partial charge in [0.1, 0.15) is 5.75 Å². The molecule has 1 fully saturated rings. The molecule has 20 heavy (non-hydrogen) atoms. The number of hydrogen-bond donors (Lipinski definition) is 2. The van der Waals surface area contributed by atoms with E-state index in [1.807, 2.05) is 18.2 Å². The lowest BCUT2D eigenvalue weighted by Gasteiger charge is -2.30. The first-order valence-corrected chi connectivity index (χ1v) is 7.23. The second kappa shape index (κ2) is 6.75. The number of methoxy groups -OCH3 is 1. The first-order chi connectivity index (χ1) is 9.60. The summed E-state index contributed by atoms with van der Waals surface area (Å²) in [6.45, 7) is 2.11. The summed E-state index contributed by atoms with van der Waals surface area (Å²) < 4.78 is 5.24. The SMILES string of the molecule is COc1cccc([C@H](C)NC2CCCC(C(=O)O)C2)c1. The molecule has 0 bridgehead atoms. The van der Waals surface area contributed by atoms with Crippen molar-refractivity contribution in [3.8, 4) is 5.75 Å². The molecule has 1 aromatic carbocycles. The number of ether oxygens (including phenoxy) is 1. The van der Waals surface area contributed by atoms with Crippen molar-refractivity contribution in [2.75, 3.05) is 7.11 Å². The molecule has 0 heterocycles. The van der Waals surface area contributed by atoms with Gasteiger partial charge in [-0.2, -0.15) is 0 Å². The van der Waals surface area contributed by atoms with Crippen LogP contribution in [0.2, 0.25) is 0 Å². The molecule has 1 aromatic rings. The summed E-state index contributed by atoms with van der Waals surface area (Å²) in [6.07, 6.45) is 3.57. The molecule has 0 aliphatic heterocycles. The maximum atomic E-state index is 11.1. The normalized spacial score (nSPS) is 24.1. The molecule has 110 valence electrons. The fourth-order valence-electron chi connectivity index (χ4n) is 2.93. The van der Waals surface area contributed by atoms with Gasteiger partial charge in [-0.3, -0.25) is 4.79 Å². The lowest BCUT2D eigenvalue weighted by molar-refractivity contribution is -0.143. The molecule has 0 saturated heterocycles. The molecule has 0 aromatic heterocycles. The van der Waals surface area contributed by atoms with Crippen molar-refractivity contribution in [3.63, 3.8) is 0 Å². The lowest BCUT2D eigenvalue weighted by atomic mass is 9.85. The number of carbonyl (C=O) groups is 1. The van der Waals surface area contributed by atoms with Crippen LogP contribution in [-0.4, -0.2) is 24.2 Å². The molecule has 0 radical (unpaired) electrons. The standard InChI is InChI=1S/C16H23NO3/c1-11(12-5-4-8-15(10-12)20-2)17-14-7-3-6-13(9-14)16(18)19/h4-5,8,10-11,13-14,17H,3,6-7,9H2,1-2H3,(H,18,19)/t11-,13?,14?/m0/s1. The zero-order valence-electron chi connectivity index (χ0n) is 12.1. The maximum Gasteiger partial charge on any atom is 0.306 e. The zero-order valence-corrected chi connectivity index (χ0v) is 12.1. The largest absolute Gasteiger partial charge is 0.497 e. The van der Waals surface area contributed by atoms with E-state index in [1.165, 1.54) is 5.56 Å². The number of carboxylic acids is 1. The maximum absolute atomic E-state index is 11.1. The van der Waals surface area contributed by atoms with E-state index in [0.717, 1.165) is 31.4 Å². The van der Waals surface area contributed by atoms with Gasteiger partial charge >= 0.3 is 5.97 Å². The Morgan fingerprint density at radius 3 is 2.95 bits per heavy atom. The Morgan fingerprint density at radius 1 is 1.45 bits per heavy atom. The Labute approximate surface area is 120 Å². The average molecular weight is 277 g/mol. The number of carboxylic acid groups (broad SMARTS) is 1. The van der Waals surface area contributed by atoms with Crippen LogP contribution in [-0.2, 0) is 4.79 Å². The van der Waals surface area contributed by atoms with Gasteiger partial charge in [-0.1, -0.05) is 18.6 Å². The predicted molar refractivity (Wildman–Crippen MR) is 77.9 cm³/mol. The van der Waals surface area contributed by atoms with Crippen molar-refractivity contribution in [1.82, 2.24) is 5.32 Å². The van der Waals surface area contributed by atoms with E-state index in [0.29, 0.717) is 0 Å². The lowest BCUT2D eigenvalue weighted by Crippen LogP contribution is -2.37. The summed E-state index contributed by atoms with van der Waals surface area (Å²) in [5, 5.41) is 12.7. The van der Waals surface area contributed by atoms with Crippen molar-refractivity contribution < 1.29 is 14.6 Å². The van der Waals surface area contributed by atoms with Crippen LogP contribution in [0.1, 0.15) is 44.2 Å². The highest BCUT2D eigenvalue weighted by Crippen LogP contribution is 2.27. The van der Waals surface area contributed by atoms with Gasteiger partial charge in [0.25, 0.3) is 0 Å². The van der Waals surface area contributed by atoms with Crippen LogP contribution in [0.3, 0.4) is 0 Å². The molecular formula is C16H23NO3. The first kappa shape index (κ1) is 14.9. The molecule has 1 saturated carbocycles. The monoisotopic (exact) mass is 277 g/mol. The van der Waals surface area contributed by atoms with E-state index in [4.69, 9.17) is 9.84 Å². The fourth-order valence-corrected chi connectivity index (χ4v) is 2.93. The van der Waals surface area contributed by atoms with Gasteiger partial charge in [-0.15, -0.1) is 0 Å². The van der Waals surface area contributed by atoms with Crippen LogP contribution in [0.25, 0.3) is 0 Å². The second-order valence-corrected chi connectivity index (χ2v) is 5.56. The summed E-state index contributed by atoms with van der Waals surface area (Å²) in [6, 6.07) is 8.48. The van der Waals surface area contributed by atoms with Crippen molar-refractivity contribution in [2.24, 2.45) is 5.92 Å².